The minimum atomic E-state index is -0.291. The smallest absolute Gasteiger partial charge is 0.255 e. The van der Waals surface area contributed by atoms with Gasteiger partial charge in [0.1, 0.15) is 5.82 Å². The quantitative estimate of drug-likeness (QED) is 0.767. The van der Waals surface area contributed by atoms with E-state index in [1.165, 1.54) is 6.42 Å². The fraction of sp³-hybridized carbons (Fsp3) is 0.500. The zero-order chi connectivity index (χ0) is 17.8. The summed E-state index contributed by atoms with van der Waals surface area (Å²) in [5, 5.41) is 16.8. The number of hydrogen-bond acceptors (Lipinski definition) is 5. The van der Waals surface area contributed by atoms with Crippen molar-refractivity contribution < 1.29 is 9.90 Å². The van der Waals surface area contributed by atoms with Gasteiger partial charge in [0.25, 0.3) is 5.91 Å². The maximum Gasteiger partial charge on any atom is 0.255 e. The Morgan fingerprint density at radius 1 is 1.36 bits per heavy atom. The predicted molar refractivity (Wildman–Crippen MR) is 95.8 cm³/mol. The number of nitrogens with zero attached hydrogens (tertiary/aromatic N) is 3. The second kappa shape index (κ2) is 7.65. The molecule has 2 aromatic rings. The highest BCUT2D eigenvalue weighted by atomic mass is 16.3. The predicted octanol–water partition coefficient (Wildman–Crippen LogP) is 1.74. The summed E-state index contributed by atoms with van der Waals surface area (Å²) < 4.78 is 1.69. The number of anilines is 1. The Balaban J connectivity index is 1.78. The molecular formula is C18H25N5O2. The van der Waals surface area contributed by atoms with Crippen LogP contribution in [-0.4, -0.2) is 38.4 Å². The van der Waals surface area contributed by atoms with Crippen molar-refractivity contribution in [2.24, 2.45) is 13.0 Å². The maximum absolute atomic E-state index is 12.7. The largest absolute Gasteiger partial charge is 0.394 e. The van der Waals surface area contributed by atoms with E-state index in [2.05, 4.69) is 15.4 Å². The van der Waals surface area contributed by atoms with Gasteiger partial charge in [-0.3, -0.25) is 9.48 Å². The fourth-order valence-corrected chi connectivity index (χ4v) is 3.48. The Labute approximate surface area is 147 Å². The zero-order valence-electron chi connectivity index (χ0n) is 14.5. The third-order valence-corrected chi connectivity index (χ3v) is 4.93. The van der Waals surface area contributed by atoms with E-state index in [9.17, 15) is 9.90 Å². The summed E-state index contributed by atoms with van der Waals surface area (Å²) in [6.07, 6.45) is 10.8. The van der Waals surface area contributed by atoms with E-state index in [1.807, 2.05) is 13.2 Å². The lowest BCUT2D eigenvalue weighted by molar-refractivity contribution is 0.0871. The molecule has 0 aliphatic heterocycles. The van der Waals surface area contributed by atoms with Crippen LogP contribution in [0.2, 0.25) is 0 Å². The lowest BCUT2D eigenvalue weighted by Gasteiger charge is -2.29. The molecule has 2 aromatic heterocycles. The average Bonchev–Trinajstić information content (AvgIpc) is 3.07. The Hall–Kier alpha value is -2.41. The van der Waals surface area contributed by atoms with Crippen LogP contribution < -0.4 is 11.1 Å². The van der Waals surface area contributed by atoms with Gasteiger partial charge in [-0.1, -0.05) is 19.3 Å². The normalized spacial score (nSPS) is 16.6. The van der Waals surface area contributed by atoms with Crippen LogP contribution in [0.4, 0.5) is 5.82 Å². The van der Waals surface area contributed by atoms with E-state index in [1.54, 1.807) is 23.1 Å². The molecule has 7 heteroatoms. The van der Waals surface area contributed by atoms with Gasteiger partial charge in [-0.25, -0.2) is 4.98 Å². The summed E-state index contributed by atoms with van der Waals surface area (Å²) in [7, 11) is 1.83. The number of nitrogens with one attached hydrogen (secondary N) is 1. The Morgan fingerprint density at radius 2 is 2.12 bits per heavy atom. The molecule has 134 valence electrons. The molecule has 1 atom stereocenters. The van der Waals surface area contributed by atoms with E-state index in [0.29, 0.717) is 11.5 Å². The van der Waals surface area contributed by atoms with Crippen molar-refractivity contribution in [2.75, 3.05) is 12.3 Å². The minimum absolute atomic E-state index is 0.0635. The SMILES string of the molecule is Cn1cc(-c2cnc(N)c(C(=O)N[C@@H](CO)C3CCCCC3)c2)cn1. The average molecular weight is 343 g/mol. The topological polar surface area (TPSA) is 106 Å². The fourth-order valence-electron chi connectivity index (χ4n) is 3.48. The van der Waals surface area contributed by atoms with Crippen molar-refractivity contribution in [2.45, 2.75) is 38.1 Å². The van der Waals surface area contributed by atoms with E-state index in [0.717, 1.165) is 36.8 Å². The number of pyridine rings is 1. The third kappa shape index (κ3) is 3.99. The van der Waals surface area contributed by atoms with Gasteiger partial charge in [-0.05, 0) is 24.8 Å². The van der Waals surface area contributed by atoms with Gasteiger partial charge in [0.15, 0.2) is 0 Å². The molecule has 25 heavy (non-hydrogen) atoms. The number of carbonyl (C=O) groups excluding carboxylic acids is 1. The second-order valence-electron chi connectivity index (χ2n) is 6.72. The third-order valence-electron chi connectivity index (χ3n) is 4.93. The summed E-state index contributed by atoms with van der Waals surface area (Å²) >= 11 is 0. The van der Waals surface area contributed by atoms with Crippen molar-refractivity contribution in [3.8, 4) is 11.1 Å². The van der Waals surface area contributed by atoms with Crippen molar-refractivity contribution in [3.63, 3.8) is 0 Å². The van der Waals surface area contributed by atoms with Gasteiger partial charge in [-0.2, -0.15) is 5.10 Å². The van der Waals surface area contributed by atoms with Gasteiger partial charge in [0.05, 0.1) is 24.4 Å². The molecule has 2 heterocycles. The van der Waals surface area contributed by atoms with Gasteiger partial charge in [-0.15, -0.1) is 0 Å². The van der Waals surface area contributed by atoms with Crippen LogP contribution in [0.1, 0.15) is 42.5 Å². The van der Waals surface area contributed by atoms with E-state index in [4.69, 9.17) is 5.73 Å². The standard InChI is InChI=1S/C18H25N5O2/c1-23-10-14(9-21-23)13-7-15(17(19)20-8-13)18(25)22-16(11-24)12-5-3-2-4-6-12/h7-10,12,16,24H,2-6,11H2,1H3,(H2,19,20)(H,22,25)/t16-/m0/s1. The number of nitrogens with two attached hydrogens (primary N) is 1. The van der Waals surface area contributed by atoms with Crippen molar-refractivity contribution in [1.29, 1.82) is 0 Å². The van der Waals surface area contributed by atoms with Crippen LogP contribution in [0.3, 0.4) is 0 Å². The minimum Gasteiger partial charge on any atom is -0.394 e. The van der Waals surface area contributed by atoms with E-state index in [-0.39, 0.29) is 24.4 Å². The van der Waals surface area contributed by atoms with Crippen LogP contribution in [0.5, 0.6) is 0 Å². The highest BCUT2D eigenvalue weighted by Crippen LogP contribution is 2.27. The molecule has 1 saturated carbocycles. The van der Waals surface area contributed by atoms with E-state index >= 15 is 0 Å². The van der Waals surface area contributed by atoms with Crippen LogP contribution in [0.15, 0.2) is 24.7 Å². The number of hydrogen-bond donors (Lipinski definition) is 3. The number of aliphatic hydroxyl groups excluding tert-OH is 1. The van der Waals surface area contributed by atoms with Crippen LogP contribution in [0, 0.1) is 5.92 Å². The molecule has 0 bridgehead atoms. The van der Waals surface area contributed by atoms with Crippen LogP contribution >= 0.6 is 0 Å². The molecule has 0 aromatic carbocycles. The first kappa shape index (κ1) is 17.4. The van der Waals surface area contributed by atoms with Crippen molar-refractivity contribution in [1.82, 2.24) is 20.1 Å². The molecule has 3 rings (SSSR count). The molecule has 0 radical (unpaired) electrons. The number of amides is 1. The molecule has 1 amide bonds. The lowest BCUT2D eigenvalue weighted by atomic mass is 9.84. The molecular weight excluding hydrogens is 318 g/mol. The summed E-state index contributed by atoms with van der Waals surface area (Å²) in [4.78, 5) is 16.9. The first-order valence-electron chi connectivity index (χ1n) is 8.74. The molecule has 1 fully saturated rings. The first-order valence-corrected chi connectivity index (χ1v) is 8.74. The number of carbonyl (C=O) groups is 1. The van der Waals surface area contributed by atoms with Crippen molar-refractivity contribution >= 4 is 11.7 Å². The van der Waals surface area contributed by atoms with E-state index < -0.39 is 0 Å². The Morgan fingerprint density at radius 3 is 2.76 bits per heavy atom. The molecule has 7 nitrogen and oxygen atoms in total. The first-order chi connectivity index (χ1) is 12.1. The van der Waals surface area contributed by atoms with Crippen LogP contribution in [-0.2, 0) is 7.05 Å². The number of nitrogen functional groups attached to an aromatic ring is 1. The lowest BCUT2D eigenvalue weighted by Crippen LogP contribution is -2.43. The summed E-state index contributed by atoms with van der Waals surface area (Å²) in [5.41, 5.74) is 7.90. The molecule has 1 aliphatic carbocycles. The van der Waals surface area contributed by atoms with Gasteiger partial charge in [0, 0.05) is 30.6 Å². The van der Waals surface area contributed by atoms with Gasteiger partial charge >= 0.3 is 0 Å². The Kier molecular flexibility index (Phi) is 5.33. The molecule has 0 spiro atoms. The highest BCUT2D eigenvalue weighted by molar-refractivity contribution is 5.99. The zero-order valence-corrected chi connectivity index (χ0v) is 14.5. The highest BCUT2D eigenvalue weighted by Gasteiger charge is 2.25. The second-order valence-corrected chi connectivity index (χ2v) is 6.72. The number of rotatable bonds is 5. The number of aliphatic hydroxyl groups is 1. The summed E-state index contributed by atoms with van der Waals surface area (Å²) in [6, 6.07) is 1.48. The van der Waals surface area contributed by atoms with Crippen LogP contribution in [0.25, 0.3) is 11.1 Å². The monoisotopic (exact) mass is 343 g/mol. The molecule has 0 unspecified atom stereocenters. The van der Waals surface area contributed by atoms with Gasteiger partial charge in [0.2, 0.25) is 0 Å². The Bertz CT molecular complexity index is 737. The summed E-state index contributed by atoms with van der Waals surface area (Å²) in [6.45, 7) is -0.0635. The van der Waals surface area contributed by atoms with Gasteiger partial charge < -0.3 is 16.2 Å². The molecule has 0 saturated heterocycles. The number of aromatic nitrogens is 3. The van der Waals surface area contributed by atoms with Crippen molar-refractivity contribution in [3.05, 3.63) is 30.2 Å². The molecule has 1 aliphatic rings. The number of aryl methyl sites for hydroxylation is 1. The maximum atomic E-state index is 12.7. The summed E-state index contributed by atoms with van der Waals surface area (Å²) in [5.74, 6) is 0.212. The molecule has 4 N–H and O–H groups in total.